The fraction of sp³-hybridized carbons (Fsp3) is 0.389. The summed E-state index contributed by atoms with van der Waals surface area (Å²) in [4.78, 5) is 43.9. The van der Waals surface area contributed by atoms with E-state index < -0.39 is 0 Å². The molecule has 2 saturated heterocycles. The highest BCUT2D eigenvalue weighted by molar-refractivity contribution is 5.92. The molecular weight excluding hydrogens is 606 g/mol. The molecule has 3 aliphatic rings. The number of pyridine rings is 2. The predicted octanol–water partition coefficient (Wildman–Crippen LogP) is 4.48. The van der Waals surface area contributed by atoms with Crippen LogP contribution < -0.4 is 26.0 Å². The zero-order chi connectivity index (χ0) is 33.1. The highest BCUT2D eigenvalue weighted by Gasteiger charge is 2.45. The van der Waals surface area contributed by atoms with Gasteiger partial charge in [0, 0.05) is 62.0 Å². The molecule has 1 saturated carbocycles. The Bertz CT molecular complexity index is 1860. The van der Waals surface area contributed by atoms with Crippen molar-refractivity contribution >= 4 is 23.5 Å². The van der Waals surface area contributed by atoms with Crippen molar-refractivity contribution in [1.29, 1.82) is 5.26 Å². The van der Waals surface area contributed by atoms with Crippen LogP contribution in [0.5, 0.6) is 0 Å². The van der Waals surface area contributed by atoms with E-state index in [0.717, 1.165) is 69.5 Å². The Hall–Kier alpha value is -5.28. The second-order valence-electron chi connectivity index (χ2n) is 13.1. The van der Waals surface area contributed by atoms with Crippen LogP contribution in [0, 0.1) is 16.7 Å². The van der Waals surface area contributed by atoms with Gasteiger partial charge in [0.2, 0.25) is 5.95 Å². The summed E-state index contributed by atoms with van der Waals surface area (Å²) < 4.78 is 6.99. The number of ether oxygens (including phenoxy) is 1. The minimum absolute atomic E-state index is 0.0431. The fourth-order valence-electron chi connectivity index (χ4n) is 6.93. The molecule has 3 aromatic heterocycles. The third kappa shape index (κ3) is 6.59. The first-order valence-corrected chi connectivity index (χ1v) is 16.5. The number of aromatic nitrogens is 4. The highest BCUT2D eigenvalue weighted by Crippen LogP contribution is 2.40. The Kier molecular flexibility index (Phi) is 8.78. The molecule has 0 radical (unpaired) electrons. The summed E-state index contributed by atoms with van der Waals surface area (Å²) in [6.07, 6.45) is 9.25. The summed E-state index contributed by atoms with van der Waals surface area (Å²) in [5.41, 5.74) is 3.66. The van der Waals surface area contributed by atoms with Gasteiger partial charge in [-0.05, 0) is 55.9 Å². The van der Waals surface area contributed by atoms with Crippen LogP contribution in [0.25, 0.3) is 11.3 Å². The van der Waals surface area contributed by atoms with Gasteiger partial charge in [-0.15, -0.1) is 0 Å². The smallest absolute Gasteiger partial charge is 0.322 e. The van der Waals surface area contributed by atoms with Gasteiger partial charge in [0.1, 0.15) is 11.6 Å². The Morgan fingerprint density at radius 1 is 1.08 bits per heavy atom. The molecule has 0 unspecified atom stereocenters. The van der Waals surface area contributed by atoms with E-state index in [4.69, 9.17) is 9.72 Å². The number of carbonyl (C=O) groups is 1. The summed E-state index contributed by atoms with van der Waals surface area (Å²) >= 11 is 0. The zero-order valence-corrected chi connectivity index (χ0v) is 27.0. The lowest BCUT2D eigenvalue weighted by Gasteiger charge is -2.38. The highest BCUT2D eigenvalue weighted by atomic mass is 16.5. The number of aryl methyl sites for hydroxylation is 1. The number of nitrogens with zero attached hydrogens (tertiary/aromatic N) is 7. The van der Waals surface area contributed by atoms with E-state index in [1.807, 2.05) is 53.4 Å². The van der Waals surface area contributed by atoms with Crippen LogP contribution in [0.2, 0.25) is 0 Å². The number of nitriles is 1. The van der Waals surface area contributed by atoms with Crippen LogP contribution in [-0.4, -0.2) is 63.9 Å². The second-order valence-corrected chi connectivity index (χ2v) is 13.1. The van der Waals surface area contributed by atoms with Gasteiger partial charge in [0.05, 0.1) is 37.0 Å². The predicted molar refractivity (Wildman–Crippen MR) is 183 cm³/mol. The summed E-state index contributed by atoms with van der Waals surface area (Å²) in [5, 5.41) is 16.4. The van der Waals surface area contributed by atoms with Crippen molar-refractivity contribution in [1.82, 2.24) is 24.8 Å². The lowest BCUT2D eigenvalue weighted by molar-refractivity contribution is -0.0985. The van der Waals surface area contributed by atoms with E-state index >= 15 is 0 Å². The lowest BCUT2D eigenvalue weighted by atomic mass is 9.85. The fourth-order valence-corrected chi connectivity index (χ4v) is 6.93. The maximum Gasteiger partial charge on any atom is 0.322 e. The van der Waals surface area contributed by atoms with Gasteiger partial charge in [0.15, 0.2) is 5.82 Å². The average molecular weight is 646 g/mol. The summed E-state index contributed by atoms with van der Waals surface area (Å²) in [5.74, 6) is 1.20. The van der Waals surface area contributed by atoms with Crippen molar-refractivity contribution in [3.05, 3.63) is 94.7 Å². The van der Waals surface area contributed by atoms with Crippen molar-refractivity contribution in [3.63, 3.8) is 0 Å². The van der Waals surface area contributed by atoms with E-state index in [9.17, 15) is 14.9 Å². The minimum atomic E-state index is -0.182. The van der Waals surface area contributed by atoms with E-state index in [1.54, 1.807) is 31.7 Å². The van der Waals surface area contributed by atoms with Crippen LogP contribution in [0.15, 0.2) is 78.0 Å². The number of carbonyl (C=O) groups excluding carboxylic acids is 1. The number of urea groups is 1. The largest absolute Gasteiger partial charge is 0.380 e. The van der Waals surface area contributed by atoms with Gasteiger partial charge in [-0.25, -0.2) is 9.78 Å². The first kappa shape index (κ1) is 31.3. The van der Waals surface area contributed by atoms with Gasteiger partial charge >= 0.3 is 6.03 Å². The van der Waals surface area contributed by atoms with Crippen LogP contribution in [-0.2, 0) is 18.3 Å². The van der Waals surface area contributed by atoms with Crippen molar-refractivity contribution in [2.45, 2.75) is 50.7 Å². The second kappa shape index (κ2) is 13.4. The van der Waals surface area contributed by atoms with Gasteiger partial charge in [0.25, 0.3) is 5.56 Å². The lowest BCUT2D eigenvalue weighted by Crippen LogP contribution is -2.48. The Balaban J connectivity index is 1.05. The number of amides is 2. The molecule has 12 heteroatoms. The summed E-state index contributed by atoms with van der Waals surface area (Å²) in [6, 6.07) is 19.2. The summed E-state index contributed by atoms with van der Waals surface area (Å²) in [6.45, 7) is 3.63. The molecule has 1 spiro atoms. The molecule has 7 rings (SSSR count). The van der Waals surface area contributed by atoms with Crippen LogP contribution in [0.3, 0.4) is 0 Å². The molecule has 2 amide bonds. The number of rotatable bonds is 8. The standard InChI is InChI=1S/C36H39N9O3/c1-43-15-13-26(17-32(43)46)31-12-11-30(21-38-31)45(35(47)40-19-25-5-3-2-4-6-25)29-9-7-28(8-10-29)41-34-39-20-27(18-37)33(42-34)44-16-14-36(22-44)23-48-24-36/h2-6,11-13,15,17,20-21,28-29H,7-10,14,16,19,22-24H2,1H3,(H,40,47)(H,39,41,42)/t28-,29-. The molecule has 4 aromatic rings. The summed E-state index contributed by atoms with van der Waals surface area (Å²) in [7, 11) is 1.71. The monoisotopic (exact) mass is 645 g/mol. The molecule has 1 aromatic carbocycles. The van der Waals surface area contributed by atoms with E-state index in [2.05, 4.69) is 31.6 Å². The molecule has 12 nitrogen and oxygen atoms in total. The maximum atomic E-state index is 13.8. The van der Waals surface area contributed by atoms with Crippen molar-refractivity contribution in [2.75, 3.05) is 41.4 Å². The molecule has 0 bridgehead atoms. The maximum absolute atomic E-state index is 13.8. The Morgan fingerprint density at radius 3 is 2.56 bits per heavy atom. The number of anilines is 3. The molecule has 3 fully saturated rings. The van der Waals surface area contributed by atoms with Gasteiger partial charge < -0.3 is 24.8 Å². The van der Waals surface area contributed by atoms with Gasteiger partial charge in [-0.1, -0.05) is 30.3 Å². The first-order valence-electron chi connectivity index (χ1n) is 16.5. The number of nitrogens with one attached hydrogen (secondary N) is 2. The van der Waals surface area contributed by atoms with Crippen molar-refractivity contribution < 1.29 is 9.53 Å². The van der Waals surface area contributed by atoms with Crippen LogP contribution >= 0.6 is 0 Å². The van der Waals surface area contributed by atoms with Gasteiger partial charge in [-0.3, -0.25) is 14.7 Å². The molecule has 5 heterocycles. The Labute approximate surface area is 279 Å². The number of hydrogen-bond donors (Lipinski definition) is 2. The van der Waals surface area contributed by atoms with E-state index in [0.29, 0.717) is 35.3 Å². The molecule has 1 aliphatic carbocycles. The third-order valence-electron chi connectivity index (χ3n) is 9.77. The molecule has 2 N–H and O–H groups in total. The third-order valence-corrected chi connectivity index (χ3v) is 9.77. The first-order chi connectivity index (χ1) is 23.4. The van der Waals surface area contributed by atoms with E-state index in [1.165, 1.54) is 4.57 Å². The molecule has 48 heavy (non-hydrogen) atoms. The van der Waals surface area contributed by atoms with Gasteiger partial charge in [-0.2, -0.15) is 10.2 Å². The van der Waals surface area contributed by atoms with Crippen LogP contribution in [0.4, 0.5) is 22.2 Å². The Morgan fingerprint density at radius 2 is 1.90 bits per heavy atom. The topological polar surface area (TPSA) is 141 Å². The van der Waals surface area contributed by atoms with Crippen molar-refractivity contribution in [2.24, 2.45) is 12.5 Å². The number of benzene rings is 1. The quantitative estimate of drug-likeness (QED) is 0.284. The molecule has 246 valence electrons. The minimum Gasteiger partial charge on any atom is -0.380 e. The SMILES string of the molecule is Cn1ccc(-c2ccc(N(C(=O)NCc3ccccc3)[C@H]3CC[C@H](Nc4ncc(C#N)c(N5CCC6(COC6)C5)n4)CC3)cn2)cc1=O. The molecule has 0 atom stereocenters. The molecule has 2 aliphatic heterocycles. The van der Waals surface area contributed by atoms with Crippen molar-refractivity contribution in [3.8, 4) is 17.3 Å². The van der Waals surface area contributed by atoms with E-state index in [-0.39, 0.29) is 29.1 Å². The number of hydrogen-bond acceptors (Lipinski definition) is 9. The zero-order valence-electron chi connectivity index (χ0n) is 27.0. The molecular formula is C36H39N9O3. The average Bonchev–Trinajstić information content (AvgIpc) is 3.57. The normalized spacial score (nSPS) is 19.7. The van der Waals surface area contributed by atoms with Crippen LogP contribution in [0.1, 0.15) is 43.2 Å².